The highest BCUT2D eigenvalue weighted by molar-refractivity contribution is 5.61. The summed E-state index contributed by atoms with van der Waals surface area (Å²) in [6, 6.07) is 7.04. The highest BCUT2D eigenvalue weighted by atomic mass is 16.4. The van der Waals surface area contributed by atoms with Crippen LogP contribution in [0.5, 0.6) is 5.75 Å². The molecule has 0 aliphatic carbocycles. The molecular formula is C13H16N2O2. The molecule has 0 unspecified atom stereocenters. The van der Waals surface area contributed by atoms with Gasteiger partial charge in [-0.3, -0.25) is 0 Å². The number of aromatic nitrogens is 1. The van der Waals surface area contributed by atoms with Crippen molar-refractivity contribution in [2.45, 2.75) is 12.8 Å². The zero-order valence-corrected chi connectivity index (χ0v) is 9.81. The zero-order chi connectivity index (χ0) is 12.1. The molecule has 0 aliphatic heterocycles. The first kappa shape index (κ1) is 11.7. The molecule has 2 aromatic rings. The Balaban J connectivity index is 2.10. The van der Waals surface area contributed by atoms with Crippen LogP contribution in [0.4, 0.5) is 0 Å². The minimum atomic E-state index is 0.191. The summed E-state index contributed by atoms with van der Waals surface area (Å²) in [5.41, 5.74) is 0.632. The molecule has 4 heteroatoms. The minimum absolute atomic E-state index is 0.191. The number of rotatable bonds is 5. The van der Waals surface area contributed by atoms with Crippen molar-refractivity contribution in [3.63, 3.8) is 0 Å². The number of oxazole rings is 1. The maximum absolute atomic E-state index is 9.68. The fraction of sp³-hybridized carbons (Fsp3) is 0.308. The molecule has 0 spiro atoms. The quantitative estimate of drug-likeness (QED) is 0.776. The number of nitrogens with zero attached hydrogens (tertiary/aromatic N) is 1. The van der Waals surface area contributed by atoms with Gasteiger partial charge in [0.2, 0.25) is 5.89 Å². The number of nitrogens with one attached hydrogen (secondary N) is 1. The van der Waals surface area contributed by atoms with Gasteiger partial charge in [-0.25, -0.2) is 4.98 Å². The Bertz CT molecular complexity index is 480. The minimum Gasteiger partial charge on any atom is -0.507 e. The van der Waals surface area contributed by atoms with Crippen LogP contribution in [-0.4, -0.2) is 23.7 Å². The standard InChI is InChI=1S/C13H16N2O2/c1-14-8-4-5-10-9-15-13(17-10)11-6-2-3-7-12(11)16/h2-3,6-7,9,14,16H,4-5,8H2,1H3. The predicted octanol–water partition coefficient (Wildman–Crippen LogP) is 2.20. The van der Waals surface area contributed by atoms with E-state index in [0.717, 1.165) is 25.1 Å². The van der Waals surface area contributed by atoms with Gasteiger partial charge in [-0.1, -0.05) is 12.1 Å². The molecule has 17 heavy (non-hydrogen) atoms. The van der Waals surface area contributed by atoms with E-state index in [1.807, 2.05) is 13.1 Å². The van der Waals surface area contributed by atoms with Gasteiger partial charge in [0.1, 0.15) is 11.5 Å². The molecule has 0 saturated carbocycles. The summed E-state index contributed by atoms with van der Waals surface area (Å²) in [4.78, 5) is 4.18. The highest BCUT2D eigenvalue weighted by Crippen LogP contribution is 2.28. The number of hydrogen-bond donors (Lipinski definition) is 2. The molecule has 0 radical (unpaired) electrons. The molecule has 90 valence electrons. The Morgan fingerprint density at radius 1 is 1.35 bits per heavy atom. The van der Waals surface area contributed by atoms with Gasteiger partial charge in [0.25, 0.3) is 0 Å². The lowest BCUT2D eigenvalue weighted by Crippen LogP contribution is -2.08. The first-order chi connectivity index (χ1) is 8.31. The fourth-order valence-electron chi connectivity index (χ4n) is 1.64. The van der Waals surface area contributed by atoms with E-state index in [9.17, 15) is 5.11 Å². The molecule has 0 amide bonds. The maximum atomic E-state index is 9.68. The van der Waals surface area contributed by atoms with Crippen LogP contribution in [0, 0.1) is 0 Å². The summed E-state index contributed by atoms with van der Waals surface area (Å²) >= 11 is 0. The van der Waals surface area contributed by atoms with Crippen LogP contribution in [0.1, 0.15) is 12.2 Å². The zero-order valence-electron chi connectivity index (χ0n) is 9.81. The molecule has 0 saturated heterocycles. The molecule has 0 atom stereocenters. The van der Waals surface area contributed by atoms with E-state index in [2.05, 4.69) is 10.3 Å². The number of aromatic hydroxyl groups is 1. The second-order valence-corrected chi connectivity index (χ2v) is 3.86. The Hall–Kier alpha value is -1.81. The first-order valence-corrected chi connectivity index (χ1v) is 5.69. The maximum Gasteiger partial charge on any atom is 0.229 e. The highest BCUT2D eigenvalue weighted by Gasteiger charge is 2.09. The normalized spacial score (nSPS) is 10.6. The second kappa shape index (κ2) is 5.50. The van der Waals surface area contributed by atoms with E-state index in [4.69, 9.17) is 4.42 Å². The monoisotopic (exact) mass is 232 g/mol. The van der Waals surface area contributed by atoms with Gasteiger partial charge in [0, 0.05) is 6.42 Å². The van der Waals surface area contributed by atoms with Crippen molar-refractivity contribution in [2.75, 3.05) is 13.6 Å². The Kier molecular flexibility index (Phi) is 3.77. The fourth-order valence-corrected chi connectivity index (χ4v) is 1.64. The molecule has 1 heterocycles. The van der Waals surface area contributed by atoms with Crippen LogP contribution in [0.3, 0.4) is 0 Å². The molecular weight excluding hydrogens is 216 g/mol. The summed E-state index contributed by atoms with van der Waals surface area (Å²) in [7, 11) is 1.92. The van der Waals surface area contributed by atoms with Gasteiger partial charge in [-0.05, 0) is 32.1 Å². The summed E-state index contributed by atoms with van der Waals surface area (Å²) < 4.78 is 5.60. The van der Waals surface area contributed by atoms with Gasteiger partial charge in [0.05, 0.1) is 11.8 Å². The van der Waals surface area contributed by atoms with Crippen LogP contribution in [0.25, 0.3) is 11.5 Å². The summed E-state index contributed by atoms with van der Waals surface area (Å²) in [5, 5.41) is 12.8. The Morgan fingerprint density at radius 3 is 2.94 bits per heavy atom. The van der Waals surface area contributed by atoms with Gasteiger partial charge >= 0.3 is 0 Å². The first-order valence-electron chi connectivity index (χ1n) is 5.69. The lowest BCUT2D eigenvalue weighted by Gasteiger charge is -1.99. The molecule has 4 nitrogen and oxygen atoms in total. The number of phenolic OH excluding ortho intramolecular Hbond substituents is 1. The van der Waals surface area contributed by atoms with Gasteiger partial charge in [0.15, 0.2) is 0 Å². The van der Waals surface area contributed by atoms with E-state index < -0.39 is 0 Å². The smallest absolute Gasteiger partial charge is 0.229 e. The lowest BCUT2D eigenvalue weighted by molar-refractivity contribution is 0.468. The van der Waals surface area contributed by atoms with Crippen LogP contribution in [0.15, 0.2) is 34.9 Å². The van der Waals surface area contributed by atoms with Crippen LogP contribution < -0.4 is 5.32 Å². The van der Waals surface area contributed by atoms with Crippen molar-refractivity contribution in [1.82, 2.24) is 10.3 Å². The third kappa shape index (κ3) is 2.85. The Morgan fingerprint density at radius 2 is 2.18 bits per heavy atom. The summed E-state index contributed by atoms with van der Waals surface area (Å²) in [6.45, 7) is 0.951. The number of phenols is 1. The van der Waals surface area contributed by atoms with Gasteiger partial charge in [-0.2, -0.15) is 0 Å². The van der Waals surface area contributed by atoms with Crippen molar-refractivity contribution in [1.29, 1.82) is 0 Å². The SMILES string of the molecule is CNCCCc1cnc(-c2ccccc2O)o1. The summed E-state index contributed by atoms with van der Waals surface area (Å²) in [5.74, 6) is 1.51. The summed E-state index contributed by atoms with van der Waals surface area (Å²) in [6.07, 6.45) is 3.57. The van der Waals surface area contributed by atoms with Gasteiger partial charge in [-0.15, -0.1) is 0 Å². The van der Waals surface area contributed by atoms with Crippen molar-refractivity contribution in [3.8, 4) is 17.2 Å². The number of benzene rings is 1. The average Bonchev–Trinajstić information content (AvgIpc) is 2.79. The van der Waals surface area contributed by atoms with E-state index in [0.29, 0.717) is 11.5 Å². The molecule has 0 fully saturated rings. The van der Waals surface area contributed by atoms with Crippen LogP contribution in [0.2, 0.25) is 0 Å². The van der Waals surface area contributed by atoms with Crippen molar-refractivity contribution in [3.05, 3.63) is 36.2 Å². The van der Waals surface area contributed by atoms with Crippen molar-refractivity contribution >= 4 is 0 Å². The van der Waals surface area contributed by atoms with Crippen LogP contribution in [-0.2, 0) is 6.42 Å². The third-order valence-electron chi connectivity index (χ3n) is 2.54. The van der Waals surface area contributed by atoms with E-state index in [1.54, 1.807) is 24.4 Å². The molecule has 1 aromatic carbocycles. The molecule has 2 rings (SSSR count). The Labute approximate surface area is 100 Å². The second-order valence-electron chi connectivity index (χ2n) is 3.86. The molecule has 1 aromatic heterocycles. The van der Waals surface area contributed by atoms with E-state index >= 15 is 0 Å². The third-order valence-corrected chi connectivity index (χ3v) is 2.54. The largest absolute Gasteiger partial charge is 0.507 e. The van der Waals surface area contributed by atoms with Crippen LogP contribution >= 0.6 is 0 Å². The molecule has 2 N–H and O–H groups in total. The van der Waals surface area contributed by atoms with E-state index in [-0.39, 0.29) is 5.75 Å². The predicted molar refractivity (Wildman–Crippen MR) is 65.9 cm³/mol. The van der Waals surface area contributed by atoms with Crippen molar-refractivity contribution in [2.24, 2.45) is 0 Å². The number of aryl methyl sites for hydroxylation is 1. The van der Waals surface area contributed by atoms with Crippen molar-refractivity contribution < 1.29 is 9.52 Å². The molecule has 0 aliphatic rings. The lowest BCUT2D eigenvalue weighted by atomic mass is 10.2. The number of hydrogen-bond acceptors (Lipinski definition) is 4. The van der Waals surface area contributed by atoms with E-state index in [1.165, 1.54) is 0 Å². The topological polar surface area (TPSA) is 58.3 Å². The van der Waals surface area contributed by atoms with Gasteiger partial charge < -0.3 is 14.8 Å². The molecule has 0 bridgehead atoms. The average molecular weight is 232 g/mol. The number of para-hydroxylation sites is 1.